The average molecular weight is 766 g/mol. The number of carbonyl (C=O) groups is 3. The van der Waals surface area contributed by atoms with E-state index in [4.69, 9.17) is 34.0 Å². The Morgan fingerprint density at radius 1 is 1.15 bits per heavy atom. The Bertz CT molecular complexity index is 1420. The van der Waals surface area contributed by atoms with Gasteiger partial charge in [-0.25, -0.2) is 9.59 Å². The van der Waals surface area contributed by atoms with Gasteiger partial charge in [0, 0.05) is 68.7 Å². The molecule has 1 amide bonds. The molecule has 0 aromatic heterocycles. The summed E-state index contributed by atoms with van der Waals surface area (Å²) in [5, 5.41) is 14.8. The number of Topliss-reactive ketones (excluding diaryl/α,β-unsaturated/α-hetero) is 1. The zero-order valence-electron chi connectivity index (χ0n) is 35.1. The number of aliphatic hydroxyl groups excluding tert-OH is 1. The van der Waals surface area contributed by atoms with E-state index in [2.05, 4.69) is 21.8 Å². The van der Waals surface area contributed by atoms with Crippen LogP contribution in [0.5, 0.6) is 0 Å². The van der Waals surface area contributed by atoms with Crippen molar-refractivity contribution in [2.24, 2.45) is 28.8 Å². The minimum absolute atomic E-state index is 0.0323. The summed E-state index contributed by atoms with van der Waals surface area (Å²) < 4.78 is 37.5. The number of ether oxygens (including phenoxy) is 6. The molecule has 0 spiro atoms. The first kappa shape index (κ1) is 45.4. The van der Waals surface area contributed by atoms with Crippen molar-refractivity contribution in [2.45, 2.75) is 162 Å². The predicted molar refractivity (Wildman–Crippen MR) is 202 cm³/mol. The van der Waals surface area contributed by atoms with Gasteiger partial charge in [-0.15, -0.1) is 0 Å². The first-order valence-corrected chi connectivity index (χ1v) is 19.5. The first-order valence-electron chi connectivity index (χ1n) is 19.5. The summed E-state index contributed by atoms with van der Waals surface area (Å²) in [5.41, 5.74) is 6.53. The number of hydrogen-bond acceptors (Lipinski definition) is 12. The molecule has 0 aliphatic carbocycles. The largest absolute Gasteiger partial charge is 0.456 e. The van der Waals surface area contributed by atoms with Gasteiger partial charge in [0.05, 0.1) is 35.5 Å². The standard InChI is InChI=1S/C39H67N5O10/c1-15-29(45)39(11)32(44(36(48)54-39)19-17-16-18-41-42-40)25(5)30(46)22(2)21-38(10,49-14)33(26(6)31-27(7)34(47)53-37(8,9)52-31)51-35-24(4)28(43(12)13)20-23(3)50-35/h22-26,28-29,32-33,35,45H,15-21H2,1-14H3/t22-,23?,24?,25+,26+,28?,29-,32-,33-,35+,38-,39-/m1/s1. The van der Waals surface area contributed by atoms with E-state index in [1.165, 1.54) is 4.90 Å². The van der Waals surface area contributed by atoms with Crippen molar-refractivity contribution in [3.05, 3.63) is 21.8 Å². The molecule has 0 bridgehead atoms. The number of methoxy groups -OCH3 is 1. The number of aliphatic hydroxyl groups is 1. The molecule has 15 nitrogen and oxygen atoms in total. The summed E-state index contributed by atoms with van der Waals surface area (Å²) >= 11 is 0. The van der Waals surface area contributed by atoms with E-state index in [1.54, 1.807) is 48.7 Å². The van der Waals surface area contributed by atoms with Gasteiger partial charge in [0.25, 0.3) is 0 Å². The van der Waals surface area contributed by atoms with Gasteiger partial charge < -0.3 is 43.3 Å². The van der Waals surface area contributed by atoms with E-state index in [1.807, 2.05) is 41.8 Å². The zero-order valence-corrected chi connectivity index (χ0v) is 35.1. The van der Waals surface area contributed by atoms with Gasteiger partial charge in [0.1, 0.15) is 11.5 Å². The Balaban J connectivity index is 2.02. The molecule has 3 heterocycles. The summed E-state index contributed by atoms with van der Waals surface area (Å²) in [6.45, 7) is 20.6. The number of carbonyl (C=O) groups excluding carboxylic acids is 3. The molecule has 12 atom stereocenters. The molecule has 2 fully saturated rings. The van der Waals surface area contributed by atoms with Crippen molar-refractivity contribution in [3.8, 4) is 0 Å². The lowest BCUT2D eigenvalue weighted by Crippen LogP contribution is -2.57. The number of hydrogen-bond donors (Lipinski definition) is 1. The maximum absolute atomic E-state index is 14.6. The number of cyclic esters (lactones) is 2. The van der Waals surface area contributed by atoms with Crippen LogP contribution in [0.15, 0.2) is 16.4 Å². The Hall–Kier alpha value is -2.94. The molecule has 15 heteroatoms. The number of amides is 1. The van der Waals surface area contributed by atoms with Gasteiger partial charge in [0.2, 0.25) is 5.79 Å². The highest BCUT2D eigenvalue weighted by Gasteiger charge is 2.58. The molecule has 0 radical (unpaired) electrons. The third-order valence-electron chi connectivity index (χ3n) is 11.8. The Morgan fingerprint density at radius 3 is 2.37 bits per heavy atom. The fourth-order valence-corrected chi connectivity index (χ4v) is 8.79. The van der Waals surface area contributed by atoms with Gasteiger partial charge >= 0.3 is 12.1 Å². The van der Waals surface area contributed by atoms with E-state index < -0.39 is 71.3 Å². The average Bonchev–Trinajstić information content (AvgIpc) is 3.37. The second-order valence-corrected chi connectivity index (χ2v) is 16.8. The highest BCUT2D eigenvalue weighted by atomic mass is 16.7. The van der Waals surface area contributed by atoms with Gasteiger partial charge in [-0.2, -0.15) is 0 Å². The maximum Gasteiger partial charge on any atom is 0.410 e. The molecule has 0 saturated carbocycles. The van der Waals surface area contributed by atoms with E-state index in [0.717, 1.165) is 6.42 Å². The molecular weight excluding hydrogens is 698 g/mol. The van der Waals surface area contributed by atoms with Crippen molar-refractivity contribution in [1.29, 1.82) is 0 Å². The molecule has 2 saturated heterocycles. The lowest BCUT2D eigenvalue weighted by molar-refractivity contribution is -0.285. The van der Waals surface area contributed by atoms with Crippen molar-refractivity contribution in [3.63, 3.8) is 0 Å². The van der Waals surface area contributed by atoms with Crippen molar-refractivity contribution in [2.75, 3.05) is 34.3 Å². The molecule has 3 unspecified atom stereocenters. The van der Waals surface area contributed by atoms with Crippen LogP contribution < -0.4 is 0 Å². The fraction of sp³-hybridized carbons (Fsp3) is 0.872. The molecule has 3 aliphatic heterocycles. The van der Waals surface area contributed by atoms with Gasteiger partial charge in [-0.3, -0.25) is 4.79 Å². The van der Waals surface area contributed by atoms with Gasteiger partial charge in [-0.1, -0.05) is 39.7 Å². The van der Waals surface area contributed by atoms with Crippen LogP contribution in [0.1, 0.15) is 108 Å². The minimum Gasteiger partial charge on any atom is -0.456 e. The summed E-state index contributed by atoms with van der Waals surface area (Å²) in [5.74, 6) is -3.35. The lowest BCUT2D eigenvalue weighted by Gasteiger charge is -2.48. The Morgan fingerprint density at radius 2 is 1.80 bits per heavy atom. The van der Waals surface area contributed by atoms with Crippen molar-refractivity contribution >= 4 is 17.8 Å². The van der Waals surface area contributed by atoms with Crippen LogP contribution in [-0.2, 0) is 38.0 Å². The molecule has 3 aliphatic rings. The monoisotopic (exact) mass is 765 g/mol. The number of nitrogens with zero attached hydrogens (tertiary/aromatic N) is 5. The highest BCUT2D eigenvalue weighted by Crippen LogP contribution is 2.44. The van der Waals surface area contributed by atoms with Crippen LogP contribution in [0.25, 0.3) is 10.4 Å². The number of esters is 1. The summed E-state index contributed by atoms with van der Waals surface area (Å²) in [6, 6.07) is -0.580. The zero-order chi connectivity index (χ0) is 40.9. The molecule has 308 valence electrons. The van der Waals surface area contributed by atoms with E-state index >= 15 is 0 Å². The molecule has 0 aromatic rings. The molecule has 1 N–H and O–H groups in total. The SMILES string of the molecule is CC[C@@H](O)[C@@]1(C)OC(=O)N(CCCCN=[N+]=[N-])[C@@H]1[C@@H](C)C(=O)[C@H](C)C[C@@](C)(OC)[C@H](O[C@@H]1OC(C)CC(N(C)C)C1C)[C@@H](C)C1=C(C)C(=O)OC(C)(C)O1. The summed E-state index contributed by atoms with van der Waals surface area (Å²) in [7, 11) is 5.66. The van der Waals surface area contributed by atoms with Crippen LogP contribution in [-0.4, -0.2) is 121 Å². The summed E-state index contributed by atoms with van der Waals surface area (Å²) in [6.07, 6.45) is -0.681. The molecule has 0 aromatic carbocycles. The van der Waals surface area contributed by atoms with Crippen molar-refractivity contribution in [1.82, 2.24) is 9.80 Å². The first-order chi connectivity index (χ1) is 25.1. The third kappa shape index (κ3) is 9.89. The van der Waals surface area contributed by atoms with Gasteiger partial charge in [0.15, 0.2) is 11.9 Å². The maximum atomic E-state index is 14.6. The Labute approximate surface area is 322 Å². The third-order valence-corrected chi connectivity index (χ3v) is 11.8. The van der Waals surface area contributed by atoms with Gasteiger partial charge in [-0.05, 0) is 79.4 Å². The smallest absolute Gasteiger partial charge is 0.410 e. The second-order valence-electron chi connectivity index (χ2n) is 16.8. The predicted octanol–water partition coefficient (Wildman–Crippen LogP) is 6.37. The van der Waals surface area contributed by atoms with Crippen LogP contribution >= 0.6 is 0 Å². The number of azide groups is 1. The van der Waals surface area contributed by atoms with E-state index in [0.29, 0.717) is 30.6 Å². The summed E-state index contributed by atoms with van der Waals surface area (Å²) in [4.78, 5) is 47.5. The molecule has 54 heavy (non-hydrogen) atoms. The number of rotatable bonds is 19. The minimum atomic E-state index is -1.34. The van der Waals surface area contributed by atoms with E-state index in [9.17, 15) is 19.5 Å². The number of unbranched alkanes of at least 4 members (excludes halogenated alkanes) is 1. The fourth-order valence-electron chi connectivity index (χ4n) is 8.79. The van der Waals surface area contributed by atoms with Crippen LogP contribution in [0, 0.1) is 23.7 Å². The van der Waals surface area contributed by atoms with Crippen LogP contribution in [0.3, 0.4) is 0 Å². The second kappa shape index (κ2) is 18.3. The molecular formula is C39H67N5O10. The quantitative estimate of drug-likeness (QED) is 0.0507. The van der Waals surface area contributed by atoms with Crippen LogP contribution in [0.4, 0.5) is 4.79 Å². The lowest BCUT2D eigenvalue weighted by atomic mass is 9.74. The molecule has 3 rings (SSSR count). The number of ketones is 1. The topological polar surface area (TPSA) is 182 Å². The van der Waals surface area contributed by atoms with Crippen molar-refractivity contribution < 1.29 is 47.9 Å². The van der Waals surface area contributed by atoms with Crippen LogP contribution in [0.2, 0.25) is 0 Å². The highest BCUT2D eigenvalue weighted by molar-refractivity contribution is 5.89. The normalized spacial score (nSPS) is 31.0. The Kier molecular flexibility index (Phi) is 15.4. The van der Waals surface area contributed by atoms with E-state index in [-0.39, 0.29) is 43.4 Å².